The molecule has 0 saturated carbocycles. The Morgan fingerprint density at radius 2 is 2.30 bits per heavy atom. The number of rotatable bonds is 7. The summed E-state index contributed by atoms with van der Waals surface area (Å²) in [6.45, 7) is 2.93. The highest BCUT2D eigenvalue weighted by Crippen LogP contribution is 2.18. The molecule has 1 amide bonds. The van der Waals surface area contributed by atoms with Crippen molar-refractivity contribution in [1.82, 2.24) is 19.5 Å². The number of hydrogen-bond acceptors (Lipinski definition) is 5. The van der Waals surface area contributed by atoms with Crippen molar-refractivity contribution < 1.29 is 13.2 Å². The van der Waals surface area contributed by atoms with Crippen LogP contribution in [0.2, 0.25) is 0 Å². The molecule has 1 aliphatic heterocycles. The van der Waals surface area contributed by atoms with Crippen LogP contribution < -0.4 is 4.72 Å². The van der Waals surface area contributed by atoms with Crippen molar-refractivity contribution in [3.05, 3.63) is 30.1 Å². The molecule has 0 aromatic carbocycles. The molecule has 1 aliphatic rings. The van der Waals surface area contributed by atoms with E-state index < -0.39 is 15.8 Å². The molecular formula is C15H24N4O3S. The summed E-state index contributed by atoms with van der Waals surface area (Å²) in [5, 5.41) is 0. The lowest BCUT2D eigenvalue weighted by atomic mass is 10.1. The van der Waals surface area contributed by atoms with Gasteiger partial charge in [0.05, 0.1) is 0 Å². The Morgan fingerprint density at radius 1 is 1.52 bits per heavy atom. The third-order valence-electron chi connectivity index (χ3n) is 4.01. The fourth-order valence-corrected chi connectivity index (χ4v) is 3.49. The van der Waals surface area contributed by atoms with Crippen LogP contribution in [0.3, 0.4) is 0 Å². The third-order valence-corrected chi connectivity index (χ3v) is 5.26. The molecule has 1 saturated heterocycles. The number of likely N-dealkylation sites (tertiary alicyclic amines) is 1. The minimum absolute atomic E-state index is 0.322. The lowest BCUT2D eigenvalue weighted by molar-refractivity contribution is -0.127. The maximum absolute atomic E-state index is 12.0. The van der Waals surface area contributed by atoms with Crippen LogP contribution in [0.15, 0.2) is 24.5 Å². The maximum atomic E-state index is 12.0. The van der Waals surface area contributed by atoms with E-state index in [2.05, 4.69) is 14.6 Å². The largest absolute Gasteiger partial charge is 0.341 e. The van der Waals surface area contributed by atoms with Crippen LogP contribution in [0.1, 0.15) is 12.0 Å². The first-order chi connectivity index (χ1) is 10.9. The molecule has 23 heavy (non-hydrogen) atoms. The van der Waals surface area contributed by atoms with Crippen LogP contribution in [0.5, 0.6) is 0 Å². The Hall–Kier alpha value is -1.51. The van der Waals surface area contributed by atoms with E-state index in [-0.39, 0.29) is 5.91 Å². The van der Waals surface area contributed by atoms with Crippen molar-refractivity contribution in [3.63, 3.8) is 0 Å². The first-order valence-electron chi connectivity index (χ1n) is 7.66. The highest BCUT2D eigenvalue weighted by atomic mass is 32.2. The van der Waals surface area contributed by atoms with Gasteiger partial charge in [0.25, 0.3) is 0 Å². The summed E-state index contributed by atoms with van der Waals surface area (Å²) in [5.74, 6) is -0.420. The third kappa shape index (κ3) is 5.56. The molecule has 0 spiro atoms. The molecule has 1 fully saturated rings. The lowest BCUT2D eigenvalue weighted by Crippen LogP contribution is -2.38. The van der Waals surface area contributed by atoms with Gasteiger partial charge in [-0.3, -0.25) is 9.78 Å². The number of hydrogen-bond donors (Lipinski definition) is 1. The Labute approximate surface area is 137 Å². The number of carbonyl (C=O) groups excluding carboxylic acids is 1. The van der Waals surface area contributed by atoms with Gasteiger partial charge in [-0.15, -0.1) is 0 Å². The fraction of sp³-hybridized carbons (Fsp3) is 0.600. The standard InChI is InChI=1S/C15H24N4O3S/c1-16-23(21,22)12-15(20)19-7-5-14(11-19)10-18(2)9-13-4-3-6-17-8-13/h3-4,6,8,14,16H,5,7,9-12H2,1-2H3. The molecule has 2 heterocycles. The van der Waals surface area contributed by atoms with Crippen LogP contribution in [-0.4, -0.2) is 68.6 Å². The van der Waals surface area contributed by atoms with Crippen molar-refractivity contribution >= 4 is 15.9 Å². The van der Waals surface area contributed by atoms with Gasteiger partial charge in [-0.05, 0) is 38.1 Å². The first kappa shape index (κ1) is 17.8. The van der Waals surface area contributed by atoms with Crippen molar-refractivity contribution in [2.45, 2.75) is 13.0 Å². The number of pyridine rings is 1. The minimum atomic E-state index is -3.50. The summed E-state index contributed by atoms with van der Waals surface area (Å²) in [5.41, 5.74) is 1.15. The predicted molar refractivity (Wildman–Crippen MR) is 88.1 cm³/mol. The van der Waals surface area contributed by atoms with Crippen molar-refractivity contribution in [1.29, 1.82) is 0 Å². The molecule has 1 aromatic rings. The van der Waals surface area contributed by atoms with E-state index in [4.69, 9.17) is 0 Å². The Balaban J connectivity index is 1.80. The number of nitrogens with one attached hydrogen (secondary N) is 1. The number of nitrogens with zero attached hydrogens (tertiary/aromatic N) is 3. The van der Waals surface area contributed by atoms with Crippen molar-refractivity contribution in [3.8, 4) is 0 Å². The molecule has 8 heteroatoms. The van der Waals surface area contributed by atoms with E-state index in [1.807, 2.05) is 25.4 Å². The molecular weight excluding hydrogens is 316 g/mol. The average molecular weight is 340 g/mol. The zero-order chi connectivity index (χ0) is 16.9. The normalized spacial score (nSPS) is 18.6. The number of aromatic nitrogens is 1. The van der Waals surface area contributed by atoms with E-state index in [0.29, 0.717) is 19.0 Å². The van der Waals surface area contributed by atoms with Gasteiger partial charge < -0.3 is 9.80 Å². The molecule has 1 N–H and O–H groups in total. The molecule has 0 aliphatic carbocycles. The molecule has 0 radical (unpaired) electrons. The SMILES string of the molecule is CNS(=O)(=O)CC(=O)N1CCC(CN(C)Cc2cccnc2)C1. The zero-order valence-electron chi connectivity index (χ0n) is 13.6. The summed E-state index contributed by atoms with van der Waals surface area (Å²) in [6, 6.07) is 3.96. The molecule has 1 aromatic heterocycles. The van der Waals surface area contributed by atoms with Gasteiger partial charge in [-0.25, -0.2) is 13.1 Å². The number of amides is 1. The van der Waals surface area contributed by atoms with Gasteiger partial charge in [0.1, 0.15) is 5.75 Å². The highest BCUT2D eigenvalue weighted by Gasteiger charge is 2.29. The van der Waals surface area contributed by atoms with Gasteiger partial charge in [0.2, 0.25) is 15.9 Å². The minimum Gasteiger partial charge on any atom is -0.341 e. The predicted octanol–water partition coefficient (Wildman–Crippen LogP) is -0.0889. The van der Waals surface area contributed by atoms with Gasteiger partial charge in [-0.2, -0.15) is 0 Å². The Morgan fingerprint density at radius 3 is 2.96 bits per heavy atom. The second-order valence-electron chi connectivity index (χ2n) is 6.02. The summed E-state index contributed by atoms with van der Waals surface area (Å²) in [6.07, 6.45) is 4.51. The number of sulfonamides is 1. The maximum Gasteiger partial charge on any atom is 0.239 e. The fourth-order valence-electron chi connectivity index (χ4n) is 2.84. The van der Waals surface area contributed by atoms with E-state index in [1.54, 1.807) is 11.1 Å². The number of carbonyl (C=O) groups is 1. The molecule has 2 rings (SSSR count). The smallest absolute Gasteiger partial charge is 0.239 e. The summed E-state index contributed by atoms with van der Waals surface area (Å²) < 4.78 is 25.1. The average Bonchev–Trinajstić information content (AvgIpc) is 2.96. The van der Waals surface area contributed by atoms with Gasteiger partial charge in [-0.1, -0.05) is 6.07 Å². The second kappa shape index (κ2) is 7.85. The van der Waals surface area contributed by atoms with E-state index in [1.165, 1.54) is 7.05 Å². The molecule has 1 atom stereocenters. The van der Waals surface area contributed by atoms with Gasteiger partial charge in [0.15, 0.2) is 0 Å². The lowest BCUT2D eigenvalue weighted by Gasteiger charge is -2.21. The van der Waals surface area contributed by atoms with E-state index in [0.717, 1.165) is 25.1 Å². The summed E-state index contributed by atoms with van der Waals surface area (Å²) >= 11 is 0. The van der Waals surface area contributed by atoms with E-state index in [9.17, 15) is 13.2 Å². The molecule has 1 unspecified atom stereocenters. The highest BCUT2D eigenvalue weighted by molar-refractivity contribution is 7.90. The first-order valence-corrected chi connectivity index (χ1v) is 9.31. The quantitative estimate of drug-likeness (QED) is 0.750. The molecule has 0 bridgehead atoms. The van der Waals surface area contributed by atoms with Crippen LogP contribution in [0, 0.1) is 5.92 Å². The van der Waals surface area contributed by atoms with E-state index >= 15 is 0 Å². The van der Waals surface area contributed by atoms with Crippen LogP contribution in [0.4, 0.5) is 0 Å². The van der Waals surface area contributed by atoms with Crippen LogP contribution in [0.25, 0.3) is 0 Å². The second-order valence-corrected chi connectivity index (χ2v) is 7.94. The Bertz CT molecular complexity index is 621. The van der Waals surface area contributed by atoms with Gasteiger partial charge >= 0.3 is 0 Å². The molecule has 7 nitrogen and oxygen atoms in total. The van der Waals surface area contributed by atoms with Gasteiger partial charge in [0, 0.05) is 38.6 Å². The zero-order valence-corrected chi connectivity index (χ0v) is 14.4. The molecule has 128 valence electrons. The monoisotopic (exact) mass is 340 g/mol. The van der Waals surface area contributed by atoms with Crippen LogP contribution >= 0.6 is 0 Å². The summed E-state index contributed by atoms with van der Waals surface area (Å²) in [7, 11) is -0.129. The van der Waals surface area contributed by atoms with Crippen molar-refractivity contribution in [2.24, 2.45) is 5.92 Å². The van der Waals surface area contributed by atoms with Crippen molar-refractivity contribution in [2.75, 3.05) is 39.5 Å². The summed E-state index contributed by atoms with van der Waals surface area (Å²) in [4.78, 5) is 20.0. The van der Waals surface area contributed by atoms with Crippen LogP contribution in [-0.2, 0) is 21.4 Å². The Kier molecular flexibility index (Phi) is 6.09. The topological polar surface area (TPSA) is 82.6 Å².